The van der Waals surface area contributed by atoms with E-state index in [9.17, 15) is 9.59 Å². The molecule has 0 fully saturated rings. The molecule has 19 heavy (non-hydrogen) atoms. The van der Waals surface area contributed by atoms with Crippen molar-refractivity contribution in [3.63, 3.8) is 0 Å². The van der Waals surface area contributed by atoms with Gasteiger partial charge in [0, 0.05) is 18.7 Å². The van der Waals surface area contributed by atoms with Crippen LogP contribution in [0.25, 0.3) is 0 Å². The molecule has 2 unspecified atom stereocenters. The Kier molecular flexibility index (Phi) is 4.16. The number of carbonyl (C=O) groups excluding carboxylic acids is 2. The van der Waals surface area contributed by atoms with Crippen molar-refractivity contribution in [2.45, 2.75) is 19.3 Å². The summed E-state index contributed by atoms with van der Waals surface area (Å²) in [5.74, 6) is -0.403. The first-order valence-corrected chi connectivity index (χ1v) is 6.48. The SMILES string of the molecule is CC(CN)CNC(=O)C1CC(=O)Nc2ccccc21. The Bertz CT molecular complexity index is 487. The summed E-state index contributed by atoms with van der Waals surface area (Å²) in [4.78, 5) is 23.8. The number of hydrogen-bond acceptors (Lipinski definition) is 3. The fourth-order valence-corrected chi connectivity index (χ4v) is 2.13. The molecule has 5 heteroatoms. The molecule has 1 aromatic carbocycles. The summed E-state index contributed by atoms with van der Waals surface area (Å²) in [5.41, 5.74) is 7.12. The lowest BCUT2D eigenvalue weighted by atomic mass is 9.89. The number of nitrogens with one attached hydrogen (secondary N) is 2. The Morgan fingerprint density at radius 1 is 1.53 bits per heavy atom. The van der Waals surface area contributed by atoms with Gasteiger partial charge in [-0.1, -0.05) is 25.1 Å². The number of carbonyl (C=O) groups is 2. The molecule has 0 saturated heterocycles. The number of rotatable bonds is 4. The van der Waals surface area contributed by atoms with Crippen molar-refractivity contribution >= 4 is 17.5 Å². The van der Waals surface area contributed by atoms with Crippen LogP contribution in [0.3, 0.4) is 0 Å². The van der Waals surface area contributed by atoms with Gasteiger partial charge in [0.1, 0.15) is 0 Å². The largest absolute Gasteiger partial charge is 0.355 e. The molecule has 1 aliphatic heterocycles. The Morgan fingerprint density at radius 3 is 3.00 bits per heavy atom. The highest BCUT2D eigenvalue weighted by atomic mass is 16.2. The third-order valence-electron chi connectivity index (χ3n) is 3.34. The molecule has 1 heterocycles. The smallest absolute Gasteiger partial charge is 0.228 e. The van der Waals surface area contributed by atoms with Gasteiger partial charge in [-0.15, -0.1) is 0 Å². The number of benzene rings is 1. The zero-order valence-electron chi connectivity index (χ0n) is 11.0. The van der Waals surface area contributed by atoms with Crippen LogP contribution in [-0.4, -0.2) is 24.9 Å². The third-order valence-corrected chi connectivity index (χ3v) is 3.34. The number of nitrogens with two attached hydrogens (primary N) is 1. The second kappa shape index (κ2) is 5.84. The lowest BCUT2D eigenvalue weighted by molar-refractivity contribution is -0.126. The van der Waals surface area contributed by atoms with Gasteiger partial charge >= 0.3 is 0 Å². The van der Waals surface area contributed by atoms with E-state index in [-0.39, 0.29) is 24.2 Å². The Balaban J connectivity index is 2.11. The maximum atomic E-state index is 12.2. The van der Waals surface area contributed by atoms with Crippen molar-refractivity contribution in [2.75, 3.05) is 18.4 Å². The number of hydrogen-bond donors (Lipinski definition) is 3. The molecule has 4 N–H and O–H groups in total. The van der Waals surface area contributed by atoms with E-state index in [2.05, 4.69) is 10.6 Å². The normalized spacial score (nSPS) is 19.3. The molecule has 0 spiro atoms. The summed E-state index contributed by atoms with van der Waals surface area (Å²) in [6.07, 6.45) is 0.194. The molecular formula is C14H19N3O2. The van der Waals surface area contributed by atoms with Crippen LogP contribution in [-0.2, 0) is 9.59 Å². The van der Waals surface area contributed by atoms with Crippen LogP contribution >= 0.6 is 0 Å². The van der Waals surface area contributed by atoms with E-state index >= 15 is 0 Å². The van der Waals surface area contributed by atoms with Crippen molar-refractivity contribution in [1.82, 2.24) is 5.32 Å². The highest BCUT2D eigenvalue weighted by molar-refractivity contribution is 6.01. The average Bonchev–Trinajstić information content (AvgIpc) is 2.43. The Morgan fingerprint density at radius 2 is 2.26 bits per heavy atom. The predicted molar refractivity (Wildman–Crippen MR) is 73.7 cm³/mol. The molecule has 5 nitrogen and oxygen atoms in total. The highest BCUT2D eigenvalue weighted by Gasteiger charge is 2.30. The van der Waals surface area contributed by atoms with E-state index < -0.39 is 5.92 Å². The van der Waals surface area contributed by atoms with Gasteiger partial charge in [-0.3, -0.25) is 9.59 Å². The van der Waals surface area contributed by atoms with Crippen LogP contribution in [0.15, 0.2) is 24.3 Å². The summed E-state index contributed by atoms with van der Waals surface area (Å²) in [6, 6.07) is 7.41. The molecule has 0 radical (unpaired) electrons. The Labute approximate surface area is 112 Å². The molecular weight excluding hydrogens is 242 g/mol. The lowest BCUT2D eigenvalue weighted by Gasteiger charge is -2.25. The van der Waals surface area contributed by atoms with Crippen molar-refractivity contribution in [1.29, 1.82) is 0 Å². The predicted octanol–water partition coefficient (Wildman–Crippen LogP) is 0.823. The van der Waals surface area contributed by atoms with Gasteiger partial charge in [-0.25, -0.2) is 0 Å². The van der Waals surface area contributed by atoms with Crippen LogP contribution in [0.2, 0.25) is 0 Å². The minimum Gasteiger partial charge on any atom is -0.355 e. The molecule has 2 atom stereocenters. The van der Waals surface area contributed by atoms with Crippen molar-refractivity contribution < 1.29 is 9.59 Å². The molecule has 0 saturated carbocycles. The minimum atomic E-state index is -0.407. The fraction of sp³-hybridized carbons (Fsp3) is 0.429. The van der Waals surface area contributed by atoms with Gasteiger partial charge in [-0.2, -0.15) is 0 Å². The first-order chi connectivity index (χ1) is 9.11. The summed E-state index contributed by atoms with van der Waals surface area (Å²) < 4.78 is 0. The average molecular weight is 261 g/mol. The first kappa shape index (κ1) is 13.5. The molecule has 2 rings (SSSR count). The summed E-state index contributed by atoms with van der Waals surface area (Å²) in [5, 5.41) is 5.65. The van der Waals surface area contributed by atoms with Crippen LogP contribution in [0.5, 0.6) is 0 Å². The van der Waals surface area contributed by atoms with E-state index in [4.69, 9.17) is 5.73 Å². The zero-order valence-corrected chi connectivity index (χ0v) is 11.0. The van der Waals surface area contributed by atoms with Gasteiger partial charge in [0.25, 0.3) is 0 Å². The molecule has 1 aliphatic rings. The summed E-state index contributed by atoms with van der Waals surface area (Å²) in [6.45, 7) is 3.04. The minimum absolute atomic E-state index is 0.109. The molecule has 0 aromatic heterocycles. The van der Waals surface area contributed by atoms with Gasteiger partial charge in [-0.05, 0) is 24.1 Å². The monoisotopic (exact) mass is 261 g/mol. The van der Waals surface area contributed by atoms with E-state index in [1.54, 1.807) is 0 Å². The second-order valence-electron chi connectivity index (χ2n) is 4.98. The van der Waals surface area contributed by atoms with Crippen LogP contribution in [0, 0.1) is 5.92 Å². The third kappa shape index (κ3) is 3.12. The first-order valence-electron chi connectivity index (χ1n) is 6.48. The molecule has 0 bridgehead atoms. The maximum Gasteiger partial charge on any atom is 0.228 e. The van der Waals surface area contributed by atoms with E-state index in [1.807, 2.05) is 31.2 Å². The van der Waals surface area contributed by atoms with E-state index in [1.165, 1.54) is 0 Å². The van der Waals surface area contributed by atoms with Crippen molar-refractivity contribution in [3.8, 4) is 0 Å². The molecule has 2 amide bonds. The van der Waals surface area contributed by atoms with Gasteiger partial charge in [0.05, 0.1) is 5.92 Å². The quantitative estimate of drug-likeness (QED) is 0.750. The second-order valence-corrected chi connectivity index (χ2v) is 4.98. The number of amides is 2. The number of fused-ring (bicyclic) bond motifs is 1. The summed E-state index contributed by atoms with van der Waals surface area (Å²) in [7, 11) is 0. The topological polar surface area (TPSA) is 84.2 Å². The van der Waals surface area contributed by atoms with Crippen molar-refractivity contribution in [2.24, 2.45) is 11.7 Å². The van der Waals surface area contributed by atoms with Gasteiger partial charge < -0.3 is 16.4 Å². The highest BCUT2D eigenvalue weighted by Crippen LogP contribution is 2.31. The van der Waals surface area contributed by atoms with Crippen LogP contribution in [0.4, 0.5) is 5.69 Å². The van der Waals surface area contributed by atoms with E-state index in [0.29, 0.717) is 13.1 Å². The fourth-order valence-electron chi connectivity index (χ4n) is 2.13. The van der Waals surface area contributed by atoms with Crippen LogP contribution in [0.1, 0.15) is 24.8 Å². The summed E-state index contributed by atoms with van der Waals surface area (Å²) >= 11 is 0. The van der Waals surface area contributed by atoms with Gasteiger partial charge in [0.2, 0.25) is 11.8 Å². The van der Waals surface area contributed by atoms with Crippen molar-refractivity contribution in [3.05, 3.63) is 29.8 Å². The number of anilines is 1. The van der Waals surface area contributed by atoms with Crippen LogP contribution < -0.4 is 16.4 Å². The van der Waals surface area contributed by atoms with E-state index in [0.717, 1.165) is 11.3 Å². The Hall–Kier alpha value is -1.88. The maximum absolute atomic E-state index is 12.2. The lowest BCUT2D eigenvalue weighted by Crippen LogP contribution is -2.38. The van der Waals surface area contributed by atoms with Gasteiger partial charge in [0.15, 0.2) is 0 Å². The standard InChI is InChI=1S/C14H19N3O2/c1-9(7-15)8-16-14(19)11-6-13(18)17-12-5-3-2-4-10(11)12/h2-5,9,11H,6-8,15H2,1H3,(H,16,19)(H,17,18). The zero-order chi connectivity index (χ0) is 13.8. The molecule has 1 aromatic rings. The number of para-hydroxylation sites is 1. The molecule has 102 valence electrons. The molecule has 0 aliphatic carbocycles.